The van der Waals surface area contributed by atoms with Gasteiger partial charge in [-0.2, -0.15) is 0 Å². The van der Waals surface area contributed by atoms with Crippen molar-refractivity contribution < 1.29 is 14.3 Å². The van der Waals surface area contributed by atoms with Crippen molar-refractivity contribution in [2.45, 2.75) is 40.5 Å². The van der Waals surface area contributed by atoms with Gasteiger partial charge in [-0.05, 0) is 49.9 Å². The third-order valence-electron chi connectivity index (χ3n) is 5.19. The molecule has 6 heteroatoms. The Morgan fingerprint density at radius 2 is 1.97 bits per heavy atom. The number of nitrogens with zero attached hydrogens (tertiary/aromatic N) is 1. The lowest BCUT2D eigenvalue weighted by molar-refractivity contribution is -0.127. The summed E-state index contributed by atoms with van der Waals surface area (Å²) in [5.74, 6) is 0.979. The summed E-state index contributed by atoms with van der Waals surface area (Å²) in [7, 11) is 0. The molecule has 0 fully saturated rings. The fraction of sp³-hybridized carbons (Fsp3) is 0.417. The minimum absolute atomic E-state index is 0.0532. The molecule has 2 amide bonds. The zero-order valence-corrected chi connectivity index (χ0v) is 18.8. The Hall–Kier alpha value is -2.53. The number of carbonyl (C=O) groups is 2. The van der Waals surface area contributed by atoms with Crippen LogP contribution < -0.4 is 15.0 Å². The van der Waals surface area contributed by atoms with Crippen LogP contribution in [0.25, 0.3) is 0 Å². The number of ether oxygens (including phenoxy) is 1. The molecule has 1 aliphatic heterocycles. The largest absolute Gasteiger partial charge is 0.490 e. The van der Waals surface area contributed by atoms with Crippen LogP contribution in [0.1, 0.15) is 39.7 Å². The van der Waals surface area contributed by atoms with Gasteiger partial charge in [0.05, 0.1) is 17.5 Å². The standard InChI is InChI=1S/C24H29ClN2O3/c1-16(2)11-12-27-20-10-9-18(14-21(20)30-15-24(3,4)23(27)29)26-22(28)13-17-7-5-6-8-19(17)25/h5-10,14,16H,11-13,15H2,1-4H3,(H,26,28). The lowest BCUT2D eigenvalue weighted by Gasteiger charge is -2.28. The summed E-state index contributed by atoms with van der Waals surface area (Å²) in [6.45, 7) is 9.00. The molecule has 0 atom stereocenters. The first-order valence-electron chi connectivity index (χ1n) is 10.3. The number of halogens is 1. The molecule has 1 aliphatic rings. The summed E-state index contributed by atoms with van der Waals surface area (Å²) in [4.78, 5) is 27.4. The molecule has 0 aromatic heterocycles. The number of anilines is 2. The van der Waals surface area contributed by atoms with Crippen molar-refractivity contribution in [3.63, 3.8) is 0 Å². The predicted octanol–water partition coefficient (Wildman–Crippen LogP) is 5.32. The Kier molecular flexibility index (Phi) is 6.71. The van der Waals surface area contributed by atoms with Crippen molar-refractivity contribution in [3.05, 3.63) is 53.1 Å². The van der Waals surface area contributed by atoms with E-state index in [-0.39, 0.29) is 24.8 Å². The van der Waals surface area contributed by atoms with E-state index in [4.69, 9.17) is 16.3 Å². The zero-order valence-electron chi connectivity index (χ0n) is 18.0. The van der Waals surface area contributed by atoms with E-state index in [1.807, 2.05) is 43.0 Å². The Balaban J connectivity index is 1.81. The van der Waals surface area contributed by atoms with Crippen LogP contribution in [0, 0.1) is 11.3 Å². The average molecular weight is 429 g/mol. The van der Waals surface area contributed by atoms with Crippen LogP contribution in [0.5, 0.6) is 5.75 Å². The van der Waals surface area contributed by atoms with Crippen LogP contribution >= 0.6 is 11.6 Å². The molecular formula is C24H29ClN2O3. The normalized spacial score (nSPS) is 15.4. The van der Waals surface area contributed by atoms with Gasteiger partial charge >= 0.3 is 0 Å². The van der Waals surface area contributed by atoms with Crippen LogP contribution in [0.4, 0.5) is 11.4 Å². The SMILES string of the molecule is CC(C)CCN1C(=O)C(C)(C)COc2cc(NC(=O)Cc3ccccc3Cl)ccc21. The molecule has 0 bridgehead atoms. The molecule has 1 N–H and O–H groups in total. The molecule has 0 saturated heterocycles. The molecule has 160 valence electrons. The van der Waals surface area contributed by atoms with Crippen LogP contribution in [-0.4, -0.2) is 25.0 Å². The Morgan fingerprint density at radius 1 is 1.23 bits per heavy atom. The van der Waals surface area contributed by atoms with E-state index >= 15 is 0 Å². The fourth-order valence-electron chi connectivity index (χ4n) is 3.35. The summed E-state index contributed by atoms with van der Waals surface area (Å²) in [6, 6.07) is 12.7. The second-order valence-electron chi connectivity index (χ2n) is 8.81. The third-order valence-corrected chi connectivity index (χ3v) is 5.55. The molecule has 0 aliphatic carbocycles. The van der Waals surface area contributed by atoms with E-state index in [1.165, 1.54) is 0 Å². The first-order valence-corrected chi connectivity index (χ1v) is 10.7. The fourth-order valence-corrected chi connectivity index (χ4v) is 3.56. The van der Waals surface area contributed by atoms with E-state index in [9.17, 15) is 9.59 Å². The van der Waals surface area contributed by atoms with Gasteiger partial charge in [-0.1, -0.05) is 43.6 Å². The van der Waals surface area contributed by atoms with Gasteiger partial charge in [-0.3, -0.25) is 9.59 Å². The summed E-state index contributed by atoms with van der Waals surface area (Å²) in [6.07, 6.45) is 1.08. The van der Waals surface area contributed by atoms with Crippen molar-refractivity contribution in [2.75, 3.05) is 23.4 Å². The van der Waals surface area contributed by atoms with Gasteiger partial charge in [0.25, 0.3) is 0 Å². The number of nitrogens with one attached hydrogen (secondary N) is 1. The zero-order chi connectivity index (χ0) is 21.9. The van der Waals surface area contributed by atoms with Gasteiger partial charge in [0.15, 0.2) is 0 Å². The van der Waals surface area contributed by atoms with E-state index in [2.05, 4.69) is 19.2 Å². The Labute approximate surface area is 183 Å². The maximum Gasteiger partial charge on any atom is 0.236 e. The number of benzene rings is 2. The third kappa shape index (κ3) is 5.14. The topological polar surface area (TPSA) is 58.6 Å². The molecule has 5 nitrogen and oxygen atoms in total. The lowest BCUT2D eigenvalue weighted by atomic mass is 9.92. The minimum atomic E-state index is -0.622. The van der Waals surface area contributed by atoms with E-state index in [1.54, 1.807) is 18.2 Å². The van der Waals surface area contributed by atoms with E-state index in [0.717, 1.165) is 17.7 Å². The van der Waals surface area contributed by atoms with Crippen molar-refractivity contribution >= 4 is 34.8 Å². The van der Waals surface area contributed by atoms with Gasteiger partial charge in [-0.25, -0.2) is 0 Å². The van der Waals surface area contributed by atoms with Crippen molar-refractivity contribution in [2.24, 2.45) is 11.3 Å². The van der Waals surface area contributed by atoms with Crippen molar-refractivity contribution in [1.29, 1.82) is 0 Å². The number of fused-ring (bicyclic) bond motifs is 1. The first kappa shape index (κ1) is 22.2. The minimum Gasteiger partial charge on any atom is -0.490 e. The van der Waals surface area contributed by atoms with Crippen LogP contribution in [-0.2, 0) is 16.0 Å². The second kappa shape index (κ2) is 9.09. The smallest absolute Gasteiger partial charge is 0.236 e. The van der Waals surface area contributed by atoms with Gasteiger partial charge < -0.3 is 15.0 Å². The van der Waals surface area contributed by atoms with Crippen molar-refractivity contribution in [3.8, 4) is 5.75 Å². The first-order chi connectivity index (χ1) is 14.2. The van der Waals surface area contributed by atoms with Crippen LogP contribution in [0.15, 0.2) is 42.5 Å². The molecular weight excluding hydrogens is 400 g/mol. The van der Waals surface area contributed by atoms with Gasteiger partial charge in [-0.15, -0.1) is 0 Å². The molecule has 30 heavy (non-hydrogen) atoms. The van der Waals surface area contributed by atoms with Crippen LogP contribution in [0.3, 0.4) is 0 Å². The van der Waals surface area contributed by atoms with Gasteiger partial charge in [0.2, 0.25) is 11.8 Å². The number of amides is 2. The highest BCUT2D eigenvalue weighted by atomic mass is 35.5. The highest BCUT2D eigenvalue weighted by Crippen LogP contribution is 2.38. The molecule has 2 aromatic carbocycles. The number of carbonyl (C=O) groups excluding carboxylic acids is 2. The van der Waals surface area contributed by atoms with Crippen LogP contribution in [0.2, 0.25) is 5.02 Å². The second-order valence-corrected chi connectivity index (χ2v) is 9.22. The molecule has 0 saturated carbocycles. The van der Waals surface area contributed by atoms with E-state index in [0.29, 0.717) is 28.9 Å². The molecule has 2 aromatic rings. The highest BCUT2D eigenvalue weighted by Gasteiger charge is 2.37. The van der Waals surface area contributed by atoms with Gasteiger partial charge in [0, 0.05) is 23.3 Å². The van der Waals surface area contributed by atoms with E-state index < -0.39 is 5.41 Å². The number of rotatable bonds is 6. The summed E-state index contributed by atoms with van der Waals surface area (Å²) in [5, 5.41) is 3.47. The molecule has 3 rings (SSSR count). The predicted molar refractivity (Wildman–Crippen MR) is 121 cm³/mol. The average Bonchev–Trinajstić information content (AvgIpc) is 2.77. The summed E-state index contributed by atoms with van der Waals surface area (Å²) in [5.41, 5.74) is 1.52. The molecule has 0 radical (unpaired) electrons. The molecule has 0 spiro atoms. The molecule has 1 heterocycles. The maximum absolute atomic E-state index is 13.1. The lowest BCUT2D eigenvalue weighted by Crippen LogP contribution is -2.42. The Bertz CT molecular complexity index is 940. The summed E-state index contributed by atoms with van der Waals surface area (Å²) < 4.78 is 6.00. The Morgan fingerprint density at radius 3 is 2.67 bits per heavy atom. The quantitative estimate of drug-likeness (QED) is 0.677. The number of hydrogen-bond donors (Lipinski definition) is 1. The van der Waals surface area contributed by atoms with Gasteiger partial charge in [0.1, 0.15) is 12.4 Å². The molecule has 0 unspecified atom stereocenters. The number of hydrogen-bond acceptors (Lipinski definition) is 3. The monoisotopic (exact) mass is 428 g/mol. The maximum atomic E-state index is 13.1. The van der Waals surface area contributed by atoms with Crippen molar-refractivity contribution in [1.82, 2.24) is 0 Å². The summed E-state index contributed by atoms with van der Waals surface area (Å²) >= 11 is 6.16. The highest BCUT2D eigenvalue weighted by molar-refractivity contribution is 6.31.